The fraction of sp³-hybridized carbons (Fsp3) is 0.261. The van der Waals surface area contributed by atoms with Crippen LogP contribution in [-0.4, -0.2) is 61.9 Å². The SMILES string of the molecule is Cc1ccc(C(=O)N2CCN(c3ncnc4c3nnn4-c3ccc(Cl)cc3)CC2)cc1C. The van der Waals surface area contributed by atoms with Gasteiger partial charge >= 0.3 is 0 Å². The number of piperazine rings is 1. The van der Waals surface area contributed by atoms with E-state index in [0.29, 0.717) is 42.4 Å². The Kier molecular flexibility index (Phi) is 5.22. The van der Waals surface area contributed by atoms with Crippen molar-refractivity contribution in [2.24, 2.45) is 0 Å². The molecule has 2 aromatic heterocycles. The zero-order valence-corrected chi connectivity index (χ0v) is 18.6. The van der Waals surface area contributed by atoms with Gasteiger partial charge in [-0.15, -0.1) is 5.10 Å². The number of fused-ring (bicyclic) bond motifs is 1. The molecule has 1 aliphatic rings. The Balaban J connectivity index is 1.35. The number of hydrogen-bond donors (Lipinski definition) is 0. The maximum Gasteiger partial charge on any atom is 0.253 e. The first-order chi connectivity index (χ1) is 15.5. The normalized spacial score (nSPS) is 14.2. The highest BCUT2D eigenvalue weighted by Gasteiger charge is 2.25. The standard InChI is InChI=1S/C23H22ClN7O/c1-15-3-4-17(13-16(15)2)23(32)30-11-9-29(10-12-30)21-20-22(26-14-25-21)31(28-27-20)19-7-5-18(24)6-8-19/h3-8,13-14H,9-12H2,1-2H3. The van der Waals surface area contributed by atoms with Gasteiger partial charge in [0.05, 0.1) is 5.69 Å². The summed E-state index contributed by atoms with van der Waals surface area (Å²) < 4.78 is 1.68. The molecule has 2 aromatic carbocycles. The number of halogens is 1. The number of rotatable bonds is 3. The number of carbonyl (C=O) groups excluding carboxylic acids is 1. The van der Waals surface area contributed by atoms with Crippen molar-refractivity contribution in [3.8, 4) is 5.69 Å². The van der Waals surface area contributed by atoms with Gasteiger partial charge in [-0.05, 0) is 61.4 Å². The Hall–Kier alpha value is -3.52. The van der Waals surface area contributed by atoms with Crippen LogP contribution < -0.4 is 4.90 Å². The van der Waals surface area contributed by atoms with E-state index >= 15 is 0 Å². The van der Waals surface area contributed by atoms with Crippen LogP contribution in [0.3, 0.4) is 0 Å². The maximum absolute atomic E-state index is 12.9. The van der Waals surface area contributed by atoms with Gasteiger partial charge in [-0.25, -0.2) is 9.97 Å². The molecule has 0 radical (unpaired) electrons. The molecule has 162 valence electrons. The van der Waals surface area contributed by atoms with Crippen LogP contribution in [-0.2, 0) is 0 Å². The molecule has 1 amide bonds. The number of hydrogen-bond acceptors (Lipinski definition) is 6. The number of aromatic nitrogens is 5. The van der Waals surface area contributed by atoms with E-state index in [0.717, 1.165) is 22.6 Å². The minimum atomic E-state index is 0.0641. The van der Waals surface area contributed by atoms with Gasteiger partial charge in [0.1, 0.15) is 6.33 Å². The summed E-state index contributed by atoms with van der Waals surface area (Å²) in [6.45, 7) is 6.63. The number of benzene rings is 2. The summed E-state index contributed by atoms with van der Waals surface area (Å²) in [5, 5.41) is 9.28. The zero-order chi connectivity index (χ0) is 22.2. The summed E-state index contributed by atoms with van der Waals surface area (Å²) in [4.78, 5) is 25.8. The average Bonchev–Trinajstić information content (AvgIpc) is 3.25. The Morgan fingerprint density at radius 1 is 0.938 bits per heavy atom. The molecule has 5 rings (SSSR count). The van der Waals surface area contributed by atoms with Crippen molar-refractivity contribution in [2.75, 3.05) is 31.1 Å². The largest absolute Gasteiger partial charge is 0.351 e. The van der Waals surface area contributed by atoms with Crippen LogP contribution >= 0.6 is 11.6 Å². The van der Waals surface area contributed by atoms with E-state index in [1.54, 1.807) is 16.8 Å². The summed E-state index contributed by atoms with van der Waals surface area (Å²) in [6, 6.07) is 13.2. The summed E-state index contributed by atoms with van der Waals surface area (Å²) in [5.74, 6) is 0.794. The van der Waals surface area contributed by atoms with Crippen LogP contribution in [0.5, 0.6) is 0 Å². The molecule has 0 atom stereocenters. The fourth-order valence-corrected chi connectivity index (χ4v) is 4.03. The lowest BCUT2D eigenvalue weighted by Crippen LogP contribution is -2.49. The van der Waals surface area contributed by atoms with Crippen LogP contribution in [0, 0.1) is 13.8 Å². The zero-order valence-electron chi connectivity index (χ0n) is 17.9. The minimum absolute atomic E-state index is 0.0641. The average molecular weight is 448 g/mol. The molecule has 0 saturated carbocycles. The van der Waals surface area contributed by atoms with E-state index in [9.17, 15) is 4.79 Å². The number of carbonyl (C=O) groups is 1. The van der Waals surface area contributed by atoms with Gasteiger partial charge < -0.3 is 9.80 Å². The molecule has 8 nitrogen and oxygen atoms in total. The summed E-state index contributed by atoms with van der Waals surface area (Å²) in [5.41, 5.74) is 5.14. The van der Waals surface area contributed by atoms with Crippen molar-refractivity contribution in [3.05, 3.63) is 70.5 Å². The third-order valence-electron chi connectivity index (χ3n) is 5.91. The van der Waals surface area contributed by atoms with Gasteiger partial charge in [-0.3, -0.25) is 4.79 Å². The minimum Gasteiger partial charge on any atom is -0.351 e. The molecule has 0 unspecified atom stereocenters. The molecule has 32 heavy (non-hydrogen) atoms. The topological polar surface area (TPSA) is 80.0 Å². The number of aryl methyl sites for hydroxylation is 2. The van der Waals surface area contributed by atoms with Crippen molar-refractivity contribution in [1.82, 2.24) is 29.9 Å². The maximum atomic E-state index is 12.9. The van der Waals surface area contributed by atoms with Crippen LogP contribution in [0.15, 0.2) is 48.8 Å². The van der Waals surface area contributed by atoms with Gasteiger partial charge in [0, 0.05) is 36.8 Å². The molecule has 3 heterocycles. The second-order valence-electron chi connectivity index (χ2n) is 7.93. The third-order valence-corrected chi connectivity index (χ3v) is 6.16. The molecular formula is C23H22ClN7O. The quantitative estimate of drug-likeness (QED) is 0.478. The second-order valence-corrected chi connectivity index (χ2v) is 8.36. The predicted molar refractivity (Wildman–Crippen MR) is 123 cm³/mol. The Labute approximate surface area is 190 Å². The van der Waals surface area contributed by atoms with E-state index < -0.39 is 0 Å². The van der Waals surface area contributed by atoms with E-state index in [-0.39, 0.29) is 5.91 Å². The molecule has 0 spiro atoms. The summed E-state index contributed by atoms with van der Waals surface area (Å²) in [6.07, 6.45) is 1.53. The first-order valence-corrected chi connectivity index (χ1v) is 10.8. The van der Waals surface area contributed by atoms with Crippen LogP contribution in [0.4, 0.5) is 5.82 Å². The van der Waals surface area contributed by atoms with Crippen molar-refractivity contribution >= 4 is 34.5 Å². The Bertz CT molecular complexity index is 1290. The number of amides is 1. The van der Waals surface area contributed by atoms with E-state index in [1.807, 2.05) is 49.1 Å². The molecular weight excluding hydrogens is 426 g/mol. The summed E-state index contributed by atoms with van der Waals surface area (Å²) in [7, 11) is 0. The highest BCUT2D eigenvalue weighted by atomic mass is 35.5. The van der Waals surface area contributed by atoms with E-state index in [2.05, 4.69) is 25.2 Å². The highest BCUT2D eigenvalue weighted by Crippen LogP contribution is 2.24. The molecule has 1 saturated heterocycles. The monoisotopic (exact) mass is 447 g/mol. The molecule has 1 aliphatic heterocycles. The van der Waals surface area contributed by atoms with Crippen LogP contribution in [0.2, 0.25) is 5.02 Å². The first kappa shape index (κ1) is 20.4. The third kappa shape index (κ3) is 3.67. The Morgan fingerprint density at radius 3 is 2.41 bits per heavy atom. The Morgan fingerprint density at radius 2 is 1.69 bits per heavy atom. The van der Waals surface area contributed by atoms with Crippen LogP contribution in [0.1, 0.15) is 21.5 Å². The number of anilines is 1. The fourth-order valence-electron chi connectivity index (χ4n) is 3.90. The van der Waals surface area contributed by atoms with Crippen molar-refractivity contribution < 1.29 is 4.79 Å². The van der Waals surface area contributed by atoms with Gasteiger partial charge in [-0.2, -0.15) is 4.68 Å². The van der Waals surface area contributed by atoms with Gasteiger partial charge in [0.15, 0.2) is 17.0 Å². The molecule has 0 bridgehead atoms. The smallest absolute Gasteiger partial charge is 0.253 e. The lowest BCUT2D eigenvalue weighted by atomic mass is 10.1. The lowest BCUT2D eigenvalue weighted by Gasteiger charge is -2.35. The first-order valence-electron chi connectivity index (χ1n) is 10.4. The second kappa shape index (κ2) is 8.20. The predicted octanol–water partition coefficient (Wildman–Crippen LogP) is 3.44. The van der Waals surface area contributed by atoms with Gasteiger partial charge in [0.2, 0.25) is 0 Å². The van der Waals surface area contributed by atoms with Crippen molar-refractivity contribution in [3.63, 3.8) is 0 Å². The molecule has 0 N–H and O–H groups in total. The molecule has 4 aromatic rings. The van der Waals surface area contributed by atoms with Gasteiger partial charge in [0.25, 0.3) is 5.91 Å². The summed E-state index contributed by atoms with van der Waals surface area (Å²) >= 11 is 6.00. The number of nitrogens with zero attached hydrogens (tertiary/aromatic N) is 7. The van der Waals surface area contributed by atoms with Crippen LogP contribution in [0.25, 0.3) is 16.9 Å². The van der Waals surface area contributed by atoms with Crippen molar-refractivity contribution in [1.29, 1.82) is 0 Å². The van der Waals surface area contributed by atoms with E-state index in [1.165, 1.54) is 11.9 Å². The molecule has 1 fully saturated rings. The van der Waals surface area contributed by atoms with E-state index in [4.69, 9.17) is 11.6 Å². The lowest BCUT2D eigenvalue weighted by molar-refractivity contribution is 0.0746. The van der Waals surface area contributed by atoms with Crippen molar-refractivity contribution in [2.45, 2.75) is 13.8 Å². The molecule has 0 aliphatic carbocycles. The molecule has 9 heteroatoms. The van der Waals surface area contributed by atoms with Gasteiger partial charge in [-0.1, -0.05) is 22.9 Å². The highest BCUT2D eigenvalue weighted by molar-refractivity contribution is 6.30.